The van der Waals surface area contributed by atoms with E-state index in [1.54, 1.807) is 11.3 Å². The maximum atomic E-state index is 5.89. The van der Waals surface area contributed by atoms with Crippen molar-refractivity contribution in [1.82, 2.24) is 4.37 Å². The molecule has 0 unspecified atom stereocenters. The number of anilines is 2. The van der Waals surface area contributed by atoms with E-state index in [4.69, 9.17) is 5.73 Å². The largest absolute Gasteiger partial charge is 0.383 e. The van der Waals surface area contributed by atoms with E-state index in [1.807, 2.05) is 0 Å². The van der Waals surface area contributed by atoms with Crippen LogP contribution in [0.2, 0.25) is 0 Å². The third kappa shape index (κ3) is 1.92. The third-order valence-electron chi connectivity index (χ3n) is 2.74. The summed E-state index contributed by atoms with van der Waals surface area (Å²) < 4.78 is 4.24. The molecule has 0 amide bonds. The molecule has 1 aliphatic carbocycles. The molecule has 2 aromatic rings. The van der Waals surface area contributed by atoms with Crippen molar-refractivity contribution in [1.29, 1.82) is 0 Å². The first-order chi connectivity index (χ1) is 7.84. The summed E-state index contributed by atoms with van der Waals surface area (Å²) in [7, 11) is 0. The summed E-state index contributed by atoms with van der Waals surface area (Å²) in [5.41, 5.74) is 7.14. The predicted molar refractivity (Wildman–Crippen MR) is 70.1 cm³/mol. The summed E-state index contributed by atoms with van der Waals surface area (Å²) in [6.07, 6.45) is 2.52. The first kappa shape index (κ1) is 10.1. The SMILES string of the molecule is Nc1nsc(NCc2cccs2)c1C1CC1. The quantitative estimate of drug-likeness (QED) is 0.876. The Morgan fingerprint density at radius 1 is 1.50 bits per heavy atom. The average molecular weight is 251 g/mol. The molecule has 2 heterocycles. The molecule has 3 rings (SSSR count). The summed E-state index contributed by atoms with van der Waals surface area (Å²) in [6.45, 7) is 0.874. The molecule has 2 aromatic heterocycles. The van der Waals surface area contributed by atoms with E-state index in [-0.39, 0.29) is 0 Å². The van der Waals surface area contributed by atoms with E-state index in [1.165, 1.54) is 34.8 Å². The number of thiophene rings is 1. The molecule has 0 atom stereocenters. The molecule has 0 saturated heterocycles. The zero-order valence-corrected chi connectivity index (χ0v) is 10.4. The molecule has 0 bridgehead atoms. The van der Waals surface area contributed by atoms with E-state index in [0.29, 0.717) is 5.92 Å². The Morgan fingerprint density at radius 2 is 2.38 bits per heavy atom. The normalized spacial score (nSPS) is 15.2. The van der Waals surface area contributed by atoms with Crippen molar-refractivity contribution >= 4 is 33.7 Å². The molecule has 84 valence electrons. The fraction of sp³-hybridized carbons (Fsp3) is 0.364. The van der Waals surface area contributed by atoms with Gasteiger partial charge >= 0.3 is 0 Å². The van der Waals surface area contributed by atoms with Crippen LogP contribution in [0.4, 0.5) is 10.8 Å². The summed E-state index contributed by atoms with van der Waals surface area (Å²) in [5.74, 6) is 1.38. The molecule has 1 aliphatic rings. The van der Waals surface area contributed by atoms with Gasteiger partial charge in [-0.1, -0.05) is 6.07 Å². The molecule has 5 heteroatoms. The van der Waals surface area contributed by atoms with Crippen LogP contribution in [0.1, 0.15) is 29.2 Å². The number of nitrogens with two attached hydrogens (primary N) is 1. The fourth-order valence-electron chi connectivity index (χ4n) is 1.78. The maximum Gasteiger partial charge on any atom is 0.142 e. The molecule has 3 N–H and O–H groups in total. The van der Waals surface area contributed by atoms with E-state index in [0.717, 1.165) is 17.4 Å². The van der Waals surface area contributed by atoms with Crippen LogP contribution in [-0.4, -0.2) is 4.37 Å². The molecule has 0 aliphatic heterocycles. The number of nitrogens with zero attached hydrogens (tertiary/aromatic N) is 1. The van der Waals surface area contributed by atoms with Crippen LogP contribution in [0.5, 0.6) is 0 Å². The Hall–Kier alpha value is -1.07. The second kappa shape index (κ2) is 4.07. The maximum absolute atomic E-state index is 5.89. The lowest BCUT2D eigenvalue weighted by molar-refractivity contribution is 1.11. The van der Waals surface area contributed by atoms with Gasteiger partial charge in [0.15, 0.2) is 0 Å². The van der Waals surface area contributed by atoms with Crippen LogP contribution in [-0.2, 0) is 6.54 Å². The number of rotatable bonds is 4. The molecule has 0 radical (unpaired) electrons. The van der Waals surface area contributed by atoms with Gasteiger partial charge in [-0.2, -0.15) is 4.37 Å². The second-order valence-electron chi connectivity index (χ2n) is 4.02. The minimum Gasteiger partial charge on any atom is -0.383 e. The van der Waals surface area contributed by atoms with Crippen LogP contribution in [0.25, 0.3) is 0 Å². The highest BCUT2D eigenvalue weighted by Gasteiger charge is 2.30. The molecular formula is C11H13N3S2. The van der Waals surface area contributed by atoms with Crippen molar-refractivity contribution < 1.29 is 0 Å². The molecular weight excluding hydrogens is 238 g/mol. The lowest BCUT2D eigenvalue weighted by Gasteiger charge is -2.04. The lowest BCUT2D eigenvalue weighted by atomic mass is 10.2. The molecule has 16 heavy (non-hydrogen) atoms. The van der Waals surface area contributed by atoms with Crippen molar-refractivity contribution in [3.63, 3.8) is 0 Å². The lowest BCUT2D eigenvalue weighted by Crippen LogP contribution is -1.99. The van der Waals surface area contributed by atoms with Crippen LogP contribution in [0.3, 0.4) is 0 Å². The zero-order valence-electron chi connectivity index (χ0n) is 8.77. The van der Waals surface area contributed by atoms with Gasteiger partial charge in [0.25, 0.3) is 0 Å². The van der Waals surface area contributed by atoms with Gasteiger partial charge in [0.2, 0.25) is 0 Å². The Morgan fingerprint density at radius 3 is 3.06 bits per heavy atom. The topological polar surface area (TPSA) is 50.9 Å². The van der Waals surface area contributed by atoms with Crippen molar-refractivity contribution in [3.05, 3.63) is 28.0 Å². The van der Waals surface area contributed by atoms with Crippen molar-refractivity contribution in [2.45, 2.75) is 25.3 Å². The van der Waals surface area contributed by atoms with Crippen LogP contribution in [0.15, 0.2) is 17.5 Å². The van der Waals surface area contributed by atoms with Gasteiger partial charge < -0.3 is 11.1 Å². The first-order valence-electron chi connectivity index (χ1n) is 5.36. The molecule has 0 spiro atoms. The Bertz CT molecular complexity index is 471. The summed E-state index contributed by atoms with van der Waals surface area (Å²) in [6, 6.07) is 4.21. The average Bonchev–Trinajstić information content (AvgIpc) is 2.85. The number of hydrogen-bond donors (Lipinski definition) is 2. The number of aromatic nitrogens is 1. The molecule has 1 fully saturated rings. The van der Waals surface area contributed by atoms with E-state index in [2.05, 4.69) is 27.2 Å². The highest BCUT2D eigenvalue weighted by atomic mass is 32.1. The smallest absolute Gasteiger partial charge is 0.142 e. The van der Waals surface area contributed by atoms with Crippen molar-refractivity contribution in [2.75, 3.05) is 11.1 Å². The number of nitrogens with one attached hydrogen (secondary N) is 1. The van der Waals surface area contributed by atoms with E-state index < -0.39 is 0 Å². The van der Waals surface area contributed by atoms with Gasteiger partial charge in [0, 0.05) is 10.4 Å². The Balaban J connectivity index is 1.74. The van der Waals surface area contributed by atoms with E-state index >= 15 is 0 Å². The van der Waals surface area contributed by atoms with Gasteiger partial charge in [-0.3, -0.25) is 0 Å². The van der Waals surface area contributed by atoms with Crippen LogP contribution < -0.4 is 11.1 Å². The van der Waals surface area contributed by atoms with Crippen molar-refractivity contribution in [3.8, 4) is 0 Å². The zero-order chi connectivity index (χ0) is 11.0. The highest BCUT2D eigenvalue weighted by Crippen LogP contribution is 2.47. The number of hydrogen-bond acceptors (Lipinski definition) is 5. The van der Waals surface area contributed by atoms with Gasteiger partial charge in [-0.25, -0.2) is 0 Å². The number of nitrogen functional groups attached to an aromatic ring is 1. The minimum atomic E-state index is 0.657. The second-order valence-corrected chi connectivity index (χ2v) is 5.82. The Labute approximate surface area is 102 Å². The first-order valence-corrected chi connectivity index (χ1v) is 7.01. The standard InChI is InChI=1S/C11H13N3S2/c12-10-9(7-3-4-7)11(16-14-10)13-6-8-2-1-5-15-8/h1-2,5,7,13H,3-4,6H2,(H2,12,14). The van der Waals surface area contributed by atoms with Crippen molar-refractivity contribution in [2.24, 2.45) is 0 Å². The molecule has 1 saturated carbocycles. The third-order valence-corrected chi connectivity index (χ3v) is 4.46. The predicted octanol–water partition coefficient (Wildman–Crippen LogP) is 3.28. The Kier molecular flexibility index (Phi) is 2.57. The van der Waals surface area contributed by atoms with Gasteiger partial charge in [0.1, 0.15) is 10.8 Å². The van der Waals surface area contributed by atoms with Crippen LogP contribution >= 0.6 is 22.9 Å². The van der Waals surface area contributed by atoms with Crippen LogP contribution in [0, 0.1) is 0 Å². The molecule has 0 aromatic carbocycles. The molecule has 3 nitrogen and oxygen atoms in total. The summed E-state index contributed by atoms with van der Waals surface area (Å²) in [5, 5.41) is 6.70. The summed E-state index contributed by atoms with van der Waals surface area (Å²) >= 11 is 3.25. The highest BCUT2D eigenvalue weighted by molar-refractivity contribution is 7.11. The van der Waals surface area contributed by atoms with Gasteiger partial charge in [-0.05, 0) is 41.7 Å². The monoisotopic (exact) mass is 251 g/mol. The van der Waals surface area contributed by atoms with Gasteiger partial charge in [0.05, 0.1) is 6.54 Å². The van der Waals surface area contributed by atoms with Gasteiger partial charge in [-0.15, -0.1) is 11.3 Å². The minimum absolute atomic E-state index is 0.657. The summed E-state index contributed by atoms with van der Waals surface area (Å²) in [4.78, 5) is 1.34. The fourth-order valence-corrected chi connectivity index (χ4v) is 3.22. The van der Waals surface area contributed by atoms with E-state index in [9.17, 15) is 0 Å².